The number of hydrogen-bond acceptors (Lipinski definition) is 6. The van der Waals surface area contributed by atoms with Crippen LogP contribution in [0.2, 0.25) is 0 Å². The van der Waals surface area contributed by atoms with Gasteiger partial charge in [0.25, 0.3) is 11.7 Å². The quantitative estimate of drug-likeness (QED) is 0.415. The minimum absolute atomic E-state index is 0.134. The van der Waals surface area contributed by atoms with Gasteiger partial charge in [0.05, 0.1) is 31.4 Å². The van der Waals surface area contributed by atoms with Crippen LogP contribution in [0.4, 0.5) is 4.39 Å². The van der Waals surface area contributed by atoms with E-state index in [-0.39, 0.29) is 29.0 Å². The van der Waals surface area contributed by atoms with Crippen LogP contribution in [0.5, 0.6) is 11.5 Å². The highest BCUT2D eigenvalue weighted by Gasteiger charge is 2.47. The summed E-state index contributed by atoms with van der Waals surface area (Å²) in [5, 5.41) is 11.1. The number of carbonyl (C=O) groups is 2. The number of ketones is 1. The Morgan fingerprint density at radius 2 is 1.84 bits per heavy atom. The monoisotopic (exact) mass is 428 g/mol. The zero-order chi connectivity index (χ0) is 22.7. The lowest BCUT2D eigenvalue weighted by molar-refractivity contribution is -0.140. The zero-order valence-corrected chi connectivity index (χ0v) is 17.9. The Labute approximate surface area is 180 Å². The topological polar surface area (TPSA) is 79.3 Å². The van der Waals surface area contributed by atoms with E-state index in [2.05, 4.69) is 0 Å². The molecule has 1 atom stereocenters. The summed E-state index contributed by atoms with van der Waals surface area (Å²) in [6.07, 6.45) is 0. The fourth-order valence-corrected chi connectivity index (χ4v) is 3.58. The lowest BCUT2D eigenvalue weighted by Gasteiger charge is -2.27. The van der Waals surface area contributed by atoms with Crippen molar-refractivity contribution in [1.82, 2.24) is 9.80 Å². The number of Topliss-reactive ketones (excluding diaryl/α,β-unsaturated/α-hetero) is 1. The first-order chi connectivity index (χ1) is 14.8. The maximum atomic E-state index is 14.7. The number of nitrogens with zero attached hydrogens (tertiary/aromatic N) is 2. The van der Waals surface area contributed by atoms with Crippen molar-refractivity contribution < 1.29 is 28.6 Å². The number of carbonyl (C=O) groups excluding carboxylic acids is 2. The average molecular weight is 428 g/mol. The van der Waals surface area contributed by atoms with Crippen LogP contribution in [0.3, 0.4) is 0 Å². The Bertz CT molecular complexity index is 1030. The largest absolute Gasteiger partial charge is 0.507 e. The maximum Gasteiger partial charge on any atom is 0.295 e. The van der Waals surface area contributed by atoms with E-state index in [1.165, 1.54) is 43.4 Å². The second kappa shape index (κ2) is 9.18. The number of aliphatic hydroxyl groups excluding tert-OH is 1. The summed E-state index contributed by atoms with van der Waals surface area (Å²) in [7, 11) is 6.56. The van der Waals surface area contributed by atoms with Crippen molar-refractivity contribution in [2.75, 3.05) is 41.4 Å². The van der Waals surface area contributed by atoms with Crippen LogP contribution in [0.15, 0.2) is 48.0 Å². The standard InChI is InChI=1S/C23H25FN2O5/c1-25(2)11-12-26-20(15-7-5-6-8-17(15)24)19(22(28)23(26)29)21(27)16-10-9-14(30-3)13-18(16)31-4/h5-10,13,20,27H,11-12H2,1-4H3/b21-19+/t20-/m1/s1. The molecule has 3 rings (SSSR count). The van der Waals surface area contributed by atoms with Crippen molar-refractivity contribution in [2.24, 2.45) is 0 Å². The predicted molar refractivity (Wildman–Crippen MR) is 114 cm³/mol. The highest BCUT2D eigenvalue weighted by atomic mass is 19.1. The van der Waals surface area contributed by atoms with Crippen LogP contribution >= 0.6 is 0 Å². The summed E-state index contributed by atoms with van der Waals surface area (Å²) in [5.41, 5.74) is 0.155. The van der Waals surface area contributed by atoms with Crippen LogP contribution in [0, 0.1) is 5.82 Å². The summed E-state index contributed by atoms with van der Waals surface area (Å²) >= 11 is 0. The van der Waals surface area contributed by atoms with E-state index in [9.17, 15) is 19.1 Å². The Morgan fingerprint density at radius 1 is 1.13 bits per heavy atom. The summed E-state index contributed by atoms with van der Waals surface area (Å²) in [6, 6.07) is 9.53. The molecule has 1 saturated heterocycles. The fourth-order valence-electron chi connectivity index (χ4n) is 3.58. The Hall–Kier alpha value is -3.39. The lowest BCUT2D eigenvalue weighted by Crippen LogP contribution is -2.35. The van der Waals surface area contributed by atoms with Crippen molar-refractivity contribution in [1.29, 1.82) is 0 Å². The molecule has 1 fully saturated rings. The molecule has 2 aromatic carbocycles. The summed E-state index contributed by atoms with van der Waals surface area (Å²) < 4.78 is 25.3. The molecule has 31 heavy (non-hydrogen) atoms. The van der Waals surface area contributed by atoms with Crippen molar-refractivity contribution in [2.45, 2.75) is 6.04 Å². The first kappa shape index (κ1) is 22.3. The van der Waals surface area contributed by atoms with Crippen LogP contribution in [0.25, 0.3) is 5.76 Å². The number of hydrogen-bond donors (Lipinski definition) is 1. The number of benzene rings is 2. The molecule has 0 saturated carbocycles. The third-order valence-corrected chi connectivity index (χ3v) is 5.19. The number of amides is 1. The molecule has 1 aliphatic heterocycles. The first-order valence-corrected chi connectivity index (χ1v) is 9.70. The zero-order valence-electron chi connectivity index (χ0n) is 17.9. The number of ether oxygens (including phenoxy) is 2. The minimum Gasteiger partial charge on any atom is -0.507 e. The molecule has 1 heterocycles. The molecule has 8 heteroatoms. The van der Waals surface area contributed by atoms with Gasteiger partial charge in [-0.1, -0.05) is 18.2 Å². The number of methoxy groups -OCH3 is 2. The molecule has 164 valence electrons. The van der Waals surface area contributed by atoms with Gasteiger partial charge >= 0.3 is 0 Å². The van der Waals surface area contributed by atoms with Gasteiger partial charge in [-0.15, -0.1) is 0 Å². The fraction of sp³-hybridized carbons (Fsp3) is 0.304. The second-order valence-corrected chi connectivity index (χ2v) is 7.38. The molecule has 0 radical (unpaired) electrons. The van der Waals surface area contributed by atoms with Gasteiger partial charge in [-0.2, -0.15) is 0 Å². The van der Waals surface area contributed by atoms with Crippen molar-refractivity contribution in [3.8, 4) is 11.5 Å². The van der Waals surface area contributed by atoms with Crippen LogP contribution in [-0.2, 0) is 9.59 Å². The average Bonchev–Trinajstić information content (AvgIpc) is 3.01. The van der Waals surface area contributed by atoms with Gasteiger partial charge in [-0.05, 0) is 32.3 Å². The summed E-state index contributed by atoms with van der Waals surface area (Å²) in [5.74, 6) is -1.92. The molecule has 1 amide bonds. The van der Waals surface area contributed by atoms with E-state index in [1.54, 1.807) is 18.2 Å². The molecule has 0 bridgehead atoms. The number of halogens is 1. The summed E-state index contributed by atoms with van der Waals surface area (Å²) in [6.45, 7) is 0.650. The Balaban J connectivity index is 2.21. The van der Waals surface area contributed by atoms with Crippen LogP contribution in [0.1, 0.15) is 17.2 Å². The van der Waals surface area contributed by atoms with Crippen molar-refractivity contribution in [3.63, 3.8) is 0 Å². The van der Waals surface area contributed by atoms with Gasteiger partial charge in [-0.25, -0.2) is 4.39 Å². The van der Waals surface area contributed by atoms with Crippen LogP contribution in [-0.4, -0.2) is 68.0 Å². The molecule has 0 unspecified atom stereocenters. The normalized spacial score (nSPS) is 18.0. The summed E-state index contributed by atoms with van der Waals surface area (Å²) in [4.78, 5) is 29.0. The van der Waals surface area contributed by atoms with E-state index in [0.717, 1.165) is 0 Å². The smallest absolute Gasteiger partial charge is 0.295 e. The van der Waals surface area contributed by atoms with Gasteiger partial charge < -0.3 is 24.4 Å². The molecule has 1 N–H and O–H groups in total. The highest BCUT2D eigenvalue weighted by Crippen LogP contribution is 2.42. The molecule has 1 aliphatic rings. The molecule has 0 spiro atoms. The number of likely N-dealkylation sites (tertiary alicyclic amines) is 1. The lowest BCUT2D eigenvalue weighted by atomic mass is 9.94. The van der Waals surface area contributed by atoms with Crippen LogP contribution < -0.4 is 9.47 Å². The number of likely N-dealkylation sites (N-methyl/N-ethyl adjacent to an activating group) is 1. The van der Waals surface area contributed by atoms with E-state index < -0.39 is 29.3 Å². The van der Waals surface area contributed by atoms with E-state index >= 15 is 0 Å². The molecular formula is C23H25FN2O5. The van der Waals surface area contributed by atoms with Gasteiger partial charge in [0.1, 0.15) is 23.1 Å². The Morgan fingerprint density at radius 3 is 2.45 bits per heavy atom. The molecular weight excluding hydrogens is 403 g/mol. The highest BCUT2D eigenvalue weighted by molar-refractivity contribution is 6.46. The van der Waals surface area contributed by atoms with E-state index in [1.807, 2.05) is 19.0 Å². The number of rotatable bonds is 7. The Kier molecular flexibility index (Phi) is 6.60. The van der Waals surface area contributed by atoms with Gasteiger partial charge in [0.2, 0.25) is 0 Å². The third-order valence-electron chi connectivity index (χ3n) is 5.19. The minimum atomic E-state index is -1.06. The van der Waals surface area contributed by atoms with Crippen molar-refractivity contribution in [3.05, 3.63) is 65.0 Å². The van der Waals surface area contributed by atoms with Gasteiger partial charge in [0, 0.05) is 24.7 Å². The van der Waals surface area contributed by atoms with E-state index in [0.29, 0.717) is 12.3 Å². The molecule has 0 aliphatic carbocycles. The van der Waals surface area contributed by atoms with Gasteiger partial charge in [-0.3, -0.25) is 9.59 Å². The van der Waals surface area contributed by atoms with E-state index in [4.69, 9.17) is 9.47 Å². The molecule has 0 aromatic heterocycles. The van der Waals surface area contributed by atoms with Crippen molar-refractivity contribution >= 4 is 17.4 Å². The number of aliphatic hydroxyl groups is 1. The maximum absolute atomic E-state index is 14.7. The SMILES string of the molecule is COc1ccc(/C(O)=C2\C(=O)C(=O)N(CCN(C)C)[C@@H]2c2ccccc2F)c(OC)c1. The third kappa shape index (κ3) is 4.25. The van der Waals surface area contributed by atoms with Gasteiger partial charge in [0.15, 0.2) is 0 Å². The second-order valence-electron chi connectivity index (χ2n) is 7.38. The predicted octanol–water partition coefficient (Wildman–Crippen LogP) is 2.83. The first-order valence-electron chi connectivity index (χ1n) is 9.70. The molecule has 7 nitrogen and oxygen atoms in total. The molecule has 2 aromatic rings.